The van der Waals surface area contributed by atoms with E-state index in [1.54, 1.807) is 0 Å². The second-order valence-electron chi connectivity index (χ2n) is 5.03. The second kappa shape index (κ2) is 9.36. The third-order valence-electron chi connectivity index (χ3n) is 3.03. The Morgan fingerprint density at radius 2 is 1.57 bits per heavy atom. The van der Waals surface area contributed by atoms with Crippen molar-refractivity contribution in [2.24, 2.45) is 0 Å². The first kappa shape index (κ1) is 17.5. The van der Waals surface area contributed by atoms with Gasteiger partial charge in [-0.15, -0.1) is 17.2 Å². The number of nitrogens with zero attached hydrogens (tertiary/aromatic N) is 1. The number of rotatable bonds is 3. The summed E-state index contributed by atoms with van der Waals surface area (Å²) in [5.74, 6) is 0. The van der Waals surface area contributed by atoms with Gasteiger partial charge in [0.25, 0.3) is 0 Å². The molecule has 3 aromatic rings. The first-order valence-electron chi connectivity index (χ1n) is 6.89. The van der Waals surface area contributed by atoms with Crippen LogP contribution in [0.2, 0.25) is 0 Å². The normalized spacial score (nSPS) is 9.67. The molecule has 0 aliphatic carbocycles. The summed E-state index contributed by atoms with van der Waals surface area (Å²) in [6.07, 6.45) is 0. The molecule has 3 aromatic carbocycles. The van der Waals surface area contributed by atoms with Gasteiger partial charge in [0.05, 0.1) is 0 Å². The molecule has 0 aliphatic rings. The molecule has 2 heteroatoms. The van der Waals surface area contributed by atoms with E-state index in [-0.39, 0.29) is 17.1 Å². The average Bonchev–Trinajstić information content (AvgIpc) is 3.13. The fourth-order valence-corrected chi connectivity index (χ4v) is 2.16. The summed E-state index contributed by atoms with van der Waals surface area (Å²) < 4.78 is 0. The van der Waals surface area contributed by atoms with E-state index in [1.807, 2.05) is 30.3 Å². The first-order valence-corrected chi connectivity index (χ1v) is 6.89. The Bertz CT molecular complexity index is 562. The maximum Gasteiger partial charge on any atom is 2.00 e. The van der Waals surface area contributed by atoms with E-state index in [4.69, 9.17) is 0 Å². The maximum absolute atomic E-state index is 2.20. The van der Waals surface area contributed by atoms with Crippen molar-refractivity contribution < 1.29 is 17.1 Å². The van der Waals surface area contributed by atoms with Crippen LogP contribution in [0.4, 0.5) is 0 Å². The molecule has 0 amide bonds. The molecular formula is C19H21FeN. The average molecular weight is 319 g/mol. The van der Waals surface area contributed by atoms with Gasteiger partial charge in [0.15, 0.2) is 0 Å². The van der Waals surface area contributed by atoms with E-state index in [1.165, 1.54) is 16.7 Å². The zero-order chi connectivity index (χ0) is 14.2. The van der Waals surface area contributed by atoms with Crippen molar-refractivity contribution in [2.45, 2.75) is 6.54 Å². The number of hydrogen-bond acceptors (Lipinski definition) is 1. The number of hydrogen-bond donors (Lipinski definition) is 0. The van der Waals surface area contributed by atoms with Gasteiger partial charge in [-0.3, -0.25) is 0 Å². The minimum atomic E-state index is 0. The van der Waals surface area contributed by atoms with Gasteiger partial charge in [-0.05, 0) is 20.6 Å². The van der Waals surface area contributed by atoms with Gasteiger partial charge in [0, 0.05) is 0 Å². The van der Waals surface area contributed by atoms with Crippen LogP contribution < -0.4 is 0 Å². The van der Waals surface area contributed by atoms with Crippen LogP contribution in [0.25, 0.3) is 11.1 Å². The third kappa shape index (κ3) is 5.73. The van der Waals surface area contributed by atoms with Crippen molar-refractivity contribution in [1.82, 2.24) is 4.90 Å². The Labute approximate surface area is 138 Å². The fourth-order valence-electron chi connectivity index (χ4n) is 2.16. The summed E-state index contributed by atoms with van der Waals surface area (Å²) in [7, 11) is 4.20. The van der Waals surface area contributed by atoms with Crippen LogP contribution in [0.5, 0.6) is 0 Å². The molecule has 0 spiro atoms. The Hall–Kier alpha value is -1.60. The molecule has 21 heavy (non-hydrogen) atoms. The summed E-state index contributed by atoms with van der Waals surface area (Å²) >= 11 is 0. The van der Waals surface area contributed by atoms with Crippen LogP contribution in [-0.4, -0.2) is 19.0 Å². The largest absolute Gasteiger partial charge is 2.00 e. The van der Waals surface area contributed by atoms with Crippen LogP contribution in [0, 0.1) is 0 Å². The molecular weight excluding hydrogens is 298 g/mol. The zero-order valence-electron chi connectivity index (χ0n) is 12.5. The topological polar surface area (TPSA) is 3.24 Å². The quantitative estimate of drug-likeness (QED) is 0.506. The van der Waals surface area contributed by atoms with E-state index < -0.39 is 0 Å². The van der Waals surface area contributed by atoms with Crippen LogP contribution in [0.1, 0.15) is 5.56 Å². The Morgan fingerprint density at radius 3 is 2.10 bits per heavy atom. The molecule has 0 radical (unpaired) electrons. The van der Waals surface area contributed by atoms with Gasteiger partial charge in [-0.2, -0.15) is 30.3 Å². The molecule has 1 nitrogen and oxygen atoms in total. The van der Waals surface area contributed by atoms with Crippen LogP contribution in [-0.2, 0) is 23.6 Å². The predicted molar refractivity (Wildman–Crippen MR) is 86.9 cm³/mol. The zero-order valence-corrected chi connectivity index (χ0v) is 13.6. The molecule has 110 valence electrons. The van der Waals surface area contributed by atoms with E-state index in [2.05, 4.69) is 67.5 Å². The third-order valence-corrected chi connectivity index (χ3v) is 3.03. The van der Waals surface area contributed by atoms with E-state index >= 15 is 0 Å². The molecule has 0 bridgehead atoms. The Kier molecular flexibility index (Phi) is 7.78. The molecule has 0 saturated carbocycles. The van der Waals surface area contributed by atoms with Crippen LogP contribution in [0.15, 0.2) is 78.9 Å². The fraction of sp³-hybridized carbons (Fsp3) is 0.158. The summed E-state index contributed by atoms with van der Waals surface area (Å²) in [4.78, 5) is 2.20. The molecule has 0 unspecified atom stereocenters. The van der Waals surface area contributed by atoms with Crippen molar-refractivity contribution in [3.05, 3.63) is 84.4 Å². The van der Waals surface area contributed by atoms with Crippen molar-refractivity contribution >= 4 is 0 Å². The summed E-state index contributed by atoms with van der Waals surface area (Å²) in [5.41, 5.74) is 4.05. The molecule has 0 aromatic heterocycles. The first-order chi connectivity index (χ1) is 9.77. The summed E-state index contributed by atoms with van der Waals surface area (Å²) in [6.45, 7) is 0.997. The standard InChI is InChI=1S/C14H16N.C5H5.Fe/c1-15(2)11-13-9-6-10-14(13)12-7-4-3-5-8-12;1-2-4-5-3-1;/h3-10H,11H2,1-2H3;1-5H;/q2*-1;+2. The summed E-state index contributed by atoms with van der Waals surface area (Å²) in [5, 5.41) is 0. The van der Waals surface area contributed by atoms with E-state index in [9.17, 15) is 0 Å². The van der Waals surface area contributed by atoms with Gasteiger partial charge in [0.1, 0.15) is 0 Å². The van der Waals surface area contributed by atoms with Crippen molar-refractivity contribution in [3.63, 3.8) is 0 Å². The molecule has 0 saturated heterocycles. The van der Waals surface area contributed by atoms with Gasteiger partial charge in [-0.25, -0.2) is 12.1 Å². The minimum absolute atomic E-state index is 0. The van der Waals surface area contributed by atoms with Crippen molar-refractivity contribution in [2.75, 3.05) is 14.1 Å². The monoisotopic (exact) mass is 319 g/mol. The minimum Gasteiger partial charge on any atom is -0.314 e. The van der Waals surface area contributed by atoms with Gasteiger partial charge in [0.2, 0.25) is 0 Å². The smallest absolute Gasteiger partial charge is 0.314 e. The second-order valence-corrected chi connectivity index (χ2v) is 5.03. The molecule has 0 aliphatic heterocycles. The molecule has 0 N–H and O–H groups in total. The summed E-state index contributed by atoms with van der Waals surface area (Å²) in [6, 6.07) is 27.1. The molecule has 3 rings (SSSR count). The molecule has 0 fully saturated rings. The van der Waals surface area contributed by atoms with Crippen molar-refractivity contribution in [3.8, 4) is 11.1 Å². The molecule has 0 heterocycles. The Balaban J connectivity index is 0.000000313. The van der Waals surface area contributed by atoms with E-state index in [0.29, 0.717) is 0 Å². The Morgan fingerprint density at radius 1 is 0.905 bits per heavy atom. The van der Waals surface area contributed by atoms with Gasteiger partial charge in [-0.1, -0.05) is 35.9 Å². The van der Waals surface area contributed by atoms with E-state index in [0.717, 1.165) is 6.54 Å². The van der Waals surface area contributed by atoms with Crippen molar-refractivity contribution in [1.29, 1.82) is 0 Å². The predicted octanol–water partition coefficient (Wildman–Crippen LogP) is 4.54. The van der Waals surface area contributed by atoms with Gasteiger partial charge >= 0.3 is 17.1 Å². The maximum atomic E-state index is 2.20. The molecule has 0 atom stereocenters. The van der Waals surface area contributed by atoms with Crippen LogP contribution >= 0.6 is 0 Å². The number of benzene rings is 1. The SMILES string of the molecule is CN(C)C[c-]1cccc1-c1ccccc1.[Fe+2].c1cc[cH-]c1. The van der Waals surface area contributed by atoms with Crippen LogP contribution in [0.3, 0.4) is 0 Å². The van der Waals surface area contributed by atoms with Gasteiger partial charge < -0.3 is 4.90 Å².